The molecule has 27 heavy (non-hydrogen) atoms. The number of rotatable bonds is 6. The molecule has 2 fully saturated rings. The second kappa shape index (κ2) is 8.39. The minimum atomic E-state index is -3.68. The number of sulfonamides is 1. The van der Waals surface area contributed by atoms with Crippen molar-refractivity contribution < 1.29 is 18.0 Å². The zero-order chi connectivity index (χ0) is 19.4. The Hall–Kier alpha value is -1.93. The first kappa shape index (κ1) is 19.8. The smallest absolute Gasteiger partial charge is 0.238 e. The van der Waals surface area contributed by atoms with E-state index in [0.717, 1.165) is 24.8 Å². The number of nitrogens with zero attached hydrogens (tertiary/aromatic N) is 1. The average Bonchev–Trinajstić information content (AvgIpc) is 2.60. The molecule has 8 heteroatoms. The molecule has 1 heterocycles. The SMILES string of the molecule is NS(=O)(=O)c1ccc(CCNC(=O)C2CCN(C(=O)C3CCC3)CC2)cc1. The number of amides is 2. The van der Waals surface area contributed by atoms with Gasteiger partial charge in [0.05, 0.1) is 4.90 Å². The van der Waals surface area contributed by atoms with E-state index in [4.69, 9.17) is 5.14 Å². The summed E-state index contributed by atoms with van der Waals surface area (Å²) in [5, 5.41) is 8.03. The molecule has 2 amide bonds. The topological polar surface area (TPSA) is 110 Å². The number of nitrogens with one attached hydrogen (secondary N) is 1. The summed E-state index contributed by atoms with van der Waals surface area (Å²) in [6, 6.07) is 6.36. The van der Waals surface area contributed by atoms with Gasteiger partial charge in [-0.25, -0.2) is 13.6 Å². The van der Waals surface area contributed by atoms with Gasteiger partial charge in [-0.15, -0.1) is 0 Å². The molecule has 2 aliphatic rings. The number of nitrogens with two attached hydrogens (primary N) is 1. The molecule has 1 aliphatic heterocycles. The molecule has 1 saturated carbocycles. The third-order valence-corrected chi connectivity index (χ3v) is 6.53. The number of carbonyl (C=O) groups excluding carboxylic acids is 2. The molecule has 7 nitrogen and oxygen atoms in total. The maximum atomic E-state index is 12.3. The van der Waals surface area contributed by atoms with Gasteiger partial charge in [0.15, 0.2) is 0 Å². The van der Waals surface area contributed by atoms with Gasteiger partial charge < -0.3 is 10.2 Å². The van der Waals surface area contributed by atoms with Gasteiger partial charge in [-0.05, 0) is 49.8 Å². The van der Waals surface area contributed by atoms with Crippen LogP contribution in [-0.2, 0) is 26.0 Å². The Labute approximate surface area is 160 Å². The summed E-state index contributed by atoms with van der Waals surface area (Å²) in [4.78, 5) is 26.6. The minimum Gasteiger partial charge on any atom is -0.356 e. The molecule has 0 radical (unpaired) electrons. The first-order valence-electron chi connectivity index (χ1n) is 9.53. The predicted molar refractivity (Wildman–Crippen MR) is 101 cm³/mol. The average molecular weight is 394 g/mol. The zero-order valence-electron chi connectivity index (χ0n) is 15.4. The van der Waals surface area contributed by atoms with E-state index in [1.165, 1.54) is 12.1 Å². The van der Waals surface area contributed by atoms with Crippen LogP contribution in [0.2, 0.25) is 0 Å². The van der Waals surface area contributed by atoms with Crippen LogP contribution in [0.5, 0.6) is 0 Å². The summed E-state index contributed by atoms with van der Waals surface area (Å²) in [5.41, 5.74) is 0.934. The normalized spacial score (nSPS) is 18.8. The maximum Gasteiger partial charge on any atom is 0.238 e. The third kappa shape index (κ3) is 5.07. The van der Waals surface area contributed by atoms with Crippen LogP contribution in [0.25, 0.3) is 0 Å². The Bertz CT molecular complexity index is 780. The highest BCUT2D eigenvalue weighted by Crippen LogP contribution is 2.30. The fourth-order valence-electron chi connectivity index (χ4n) is 3.60. The fourth-order valence-corrected chi connectivity index (χ4v) is 4.11. The highest BCUT2D eigenvalue weighted by molar-refractivity contribution is 7.89. The minimum absolute atomic E-state index is 0.0342. The summed E-state index contributed by atoms with van der Waals surface area (Å²) in [5.74, 6) is 0.478. The van der Waals surface area contributed by atoms with Crippen LogP contribution in [0.3, 0.4) is 0 Å². The van der Waals surface area contributed by atoms with Crippen molar-refractivity contribution in [1.82, 2.24) is 10.2 Å². The quantitative estimate of drug-likeness (QED) is 0.752. The lowest BCUT2D eigenvalue weighted by molar-refractivity contribution is -0.141. The van der Waals surface area contributed by atoms with E-state index < -0.39 is 10.0 Å². The van der Waals surface area contributed by atoms with Crippen LogP contribution >= 0.6 is 0 Å². The molecule has 0 aromatic heterocycles. The van der Waals surface area contributed by atoms with Crippen molar-refractivity contribution in [3.8, 4) is 0 Å². The molecule has 1 aliphatic carbocycles. The molecule has 1 aromatic rings. The van der Waals surface area contributed by atoms with Crippen LogP contribution in [0.15, 0.2) is 29.2 Å². The van der Waals surface area contributed by atoms with Crippen molar-refractivity contribution in [3.05, 3.63) is 29.8 Å². The highest BCUT2D eigenvalue weighted by atomic mass is 32.2. The molecule has 3 rings (SSSR count). The van der Waals surface area contributed by atoms with E-state index in [1.807, 2.05) is 4.90 Å². The Morgan fingerprint density at radius 2 is 1.67 bits per heavy atom. The number of likely N-dealkylation sites (tertiary alicyclic amines) is 1. The zero-order valence-corrected chi connectivity index (χ0v) is 16.2. The third-order valence-electron chi connectivity index (χ3n) is 5.60. The van der Waals surface area contributed by atoms with Crippen LogP contribution < -0.4 is 10.5 Å². The maximum absolute atomic E-state index is 12.3. The standard InChI is InChI=1S/C19H27N3O4S/c20-27(25,26)17-6-4-14(5-7-17)8-11-21-18(23)15-9-12-22(13-10-15)19(24)16-2-1-3-16/h4-7,15-16H,1-3,8-13H2,(H,21,23)(H2,20,25,26). The summed E-state index contributed by atoms with van der Waals surface area (Å²) in [7, 11) is -3.68. The lowest BCUT2D eigenvalue weighted by atomic mass is 9.83. The van der Waals surface area contributed by atoms with Gasteiger partial charge in [-0.3, -0.25) is 9.59 Å². The molecule has 3 N–H and O–H groups in total. The van der Waals surface area contributed by atoms with Crippen LogP contribution in [0.1, 0.15) is 37.7 Å². The molecule has 1 aromatic carbocycles. The van der Waals surface area contributed by atoms with E-state index in [2.05, 4.69) is 5.32 Å². The van der Waals surface area contributed by atoms with Crippen LogP contribution in [-0.4, -0.2) is 44.8 Å². The van der Waals surface area contributed by atoms with E-state index in [-0.39, 0.29) is 28.5 Å². The van der Waals surface area contributed by atoms with Gasteiger partial charge in [0, 0.05) is 31.5 Å². The van der Waals surface area contributed by atoms with E-state index in [9.17, 15) is 18.0 Å². The molecule has 0 bridgehead atoms. The molecule has 0 atom stereocenters. The number of hydrogen-bond acceptors (Lipinski definition) is 4. The summed E-state index contributed by atoms with van der Waals surface area (Å²) >= 11 is 0. The number of piperidine rings is 1. The van der Waals surface area contributed by atoms with Gasteiger partial charge in [-0.2, -0.15) is 0 Å². The Kier molecular flexibility index (Phi) is 6.16. The van der Waals surface area contributed by atoms with Gasteiger partial charge in [0.2, 0.25) is 21.8 Å². The number of benzene rings is 1. The Morgan fingerprint density at radius 1 is 1.04 bits per heavy atom. The van der Waals surface area contributed by atoms with Crippen LogP contribution in [0, 0.1) is 11.8 Å². The van der Waals surface area contributed by atoms with Crippen molar-refractivity contribution in [1.29, 1.82) is 0 Å². The lowest BCUT2D eigenvalue weighted by Gasteiger charge is -2.36. The first-order valence-corrected chi connectivity index (χ1v) is 11.1. The summed E-state index contributed by atoms with van der Waals surface area (Å²) in [6.07, 6.45) is 5.23. The molecular weight excluding hydrogens is 366 g/mol. The second-order valence-electron chi connectivity index (χ2n) is 7.46. The van der Waals surface area contributed by atoms with E-state index in [0.29, 0.717) is 38.9 Å². The van der Waals surface area contributed by atoms with Crippen molar-refractivity contribution in [2.24, 2.45) is 17.0 Å². The van der Waals surface area contributed by atoms with Gasteiger partial charge in [0.1, 0.15) is 0 Å². The largest absolute Gasteiger partial charge is 0.356 e. The van der Waals surface area contributed by atoms with Gasteiger partial charge >= 0.3 is 0 Å². The highest BCUT2D eigenvalue weighted by Gasteiger charge is 2.33. The lowest BCUT2D eigenvalue weighted by Crippen LogP contribution is -2.46. The summed E-state index contributed by atoms with van der Waals surface area (Å²) < 4.78 is 22.5. The van der Waals surface area contributed by atoms with Crippen molar-refractivity contribution in [2.75, 3.05) is 19.6 Å². The molecule has 0 unspecified atom stereocenters. The van der Waals surface area contributed by atoms with E-state index in [1.54, 1.807) is 12.1 Å². The number of primary sulfonamides is 1. The van der Waals surface area contributed by atoms with Gasteiger partial charge in [0.25, 0.3) is 0 Å². The molecular formula is C19H27N3O4S. The van der Waals surface area contributed by atoms with Crippen molar-refractivity contribution in [2.45, 2.75) is 43.4 Å². The number of carbonyl (C=O) groups is 2. The second-order valence-corrected chi connectivity index (χ2v) is 9.02. The fraction of sp³-hybridized carbons (Fsp3) is 0.579. The molecule has 148 valence electrons. The summed E-state index contributed by atoms with van der Waals surface area (Å²) in [6.45, 7) is 1.83. The van der Waals surface area contributed by atoms with E-state index >= 15 is 0 Å². The molecule has 0 spiro atoms. The Morgan fingerprint density at radius 3 is 2.19 bits per heavy atom. The Balaban J connectivity index is 1.39. The first-order chi connectivity index (χ1) is 12.8. The molecule has 1 saturated heterocycles. The monoisotopic (exact) mass is 393 g/mol. The van der Waals surface area contributed by atoms with Crippen LogP contribution in [0.4, 0.5) is 0 Å². The predicted octanol–water partition coefficient (Wildman–Crippen LogP) is 1.03. The number of hydrogen-bond donors (Lipinski definition) is 2. The van der Waals surface area contributed by atoms with Crippen molar-refractivity contribution in [3.63, 3.8) is 0 Å². The van der Waals surface area contributed by atoms with Crippen molar-refractivity contribution >= 4 is 21.8 Å². The van der Waals surface area contributed by atoms with Gasteiger partial charge in [-0.1, -0.05) is 18.6 Å².